The highest BCUT2D eigenvalue weighted by molar-refractivity contribution is 7.16. The lowest BCUT2D eigenvalue weighted by molar-refractivity contribution is 0.0994. The Morgan fingerprint density at radius 3 is 2.77 bits per heavy atom. The summed E-state index contributed by atoms with van der Waals surface area (Å²) in [7, 11) is 0. The third kappa shape index (κ3) is 2.86. The van der Waals surface area contributed by atoms with E-state index in [1.807, 2.05) is 37.3 Å². The summed E-state index contributed by atoms with van der Waals surface area (Å²) in [5, 5.41) is 2.51. The lowest BCUT2D eigenvalue weighted by Crippen LogP contribution is -2.19. The molecule has 1 amide bonds. The van der Waals surface area contributed by atoms with Crippen LogP contribution in [0.25, 0.3) is 32.0 Å². The van der Waals surface area contributed by atoms with E-state index in [0.717, 1.165) is 10.8 Å². The van der Waals surface area contributed by atoms with Gasteiger partial charge >= 0.3 is 5.63 Å². The number of rotatable bonds is 2. The van der Waals surface area contributed by atoms with Crippen LogP contribution in [0.5, 0.6) is 0 Å². The largest absolute Gasteiger partial charge is 0.422 e. The maximum Gasteiger partial charge on any atom is 0.349 e. The van der Waals surface area contributed by atoms with Crippen LogP contribution in [0, 0.1) is 5.82 Å². The summed E-state index contributed by atoms with van der Waals surface area (Å²) in [6.45, 7) is 2.28. The molecule has 0 saturated carbocycles. The molecular formula is C23H15FN2O3S. The van der Waals surface area contributed by atoms with E-state index in [4.69, 9.17) is 4.42 Å². The Labute approximate surface area is 173 Å². The Balaban J connectivity index is 1.73. The number of carbonyl (C=O) groups is 1. The van der Waals surface area contributed by atoms with Crippen molar-refractivity contribution in [1.29, 1.82) is 0 Å². The Morgan fingerprint density at radius 1 is 1.10 bits per heavy atom. The lowest BCUT2D eigenvalue weighted by atomic mass is 10.0. The molecule has 5 rings (SSSR count). The second-order valence-electron chi connectivity index (χ2n) is 6.78. The molecule has 0 aliphatic rings. The number of hydrogen-bond acceptors (Lipinski definition) is 4. The van der Waals surface area contributed by atoms with Crippen molar-refractivity contribution in [1.82, 2.24) is 4.57 Å². The predicted octanol–water partition coefficient (Wildman–Crippen LogP) is 4.86. The van der Waals surface area contributed by atoms with Gasteiger partial charge in [-0.15, -0.1) is 0 Å². The third-order valence-corrected chi connectivity index (χ3v) is 6.08. The molecule has 148 valence electrons. The number of benzene rings is 3. The molecule has 30 heavy (non-hydrogen) atoms. The number of hydrogen-bond donors (Lipinski definition) is 0. The van der Waals surface area contributed by atoms with E-state index in [0.29, 0.717) is 32.5 Å². The Hall–Kier alpha value is -3.58. The zero-order valence-corrected chi connectivity index (χ0v) is 16.7. The van der Waals surface area contributed by atoms with Crippen LogP contribution in [-0.4, -0.2) is 10.5 Å². The number of para-hydroxylation sites is 1. The van der Waals surface area contributed by atoms with Crippen molar-refractivity contribution in [2.75, 3.05) is 0 Å². The minimum Gasteiger partial charge on any atom is -0.422 e. The van der Waals surface area contributed by atoms with Crippen LogP contribution in [0.2, 0.25) is 0 Å². The van der Waals surface area contributed by atoms with Gasteiger partial charge in [0, 0.05) is 11.9 Å². The predicted molar refractivity (Wildman–Crippen MR) is 115 cm³/mol. The standard InChI is InChI=1S/C23H15FN2O3S/c1-2-26-20-17(24)8-5-9-19(20)30-23(26)25-21(27)16-12-15-14-7-4-3-6-13(14)10-11-18(15)29-22(16)28/h3-12H,2H2,1H3. The minimum absolute atomic E-state index is 0.153. The van der Waals surface area contributed by atoms with Gasteiger partial charge in [0.2, 0.25) is 0 Å². The number of thiazole rings is 1. The average molecular weight is 418 g/mol. The summed E-state index contributed by atoms with van der Waals surface area (Å²) < 4.78 is 22.0. The molecule has 0 radical (unpaired) electrons. The number of fused-ring (bicyclic) bond motifs is 4. The van der Waals surface area contributed by atoms with E-state index in [1.54, 1.807) is 22.8 Å². The van der Waals surface area contributed by atoms with Crippen LogP contribution >= 0.6 is 11.3 Å². The number of aryl methyl sites for hydroxylation is 1. The fraction of sp³-hybridized carbons (Fsp3) is 0.0870. The molecule has 0 saturated heterocycles. The van der Waals surface area contributed by atoms with Gasteiger partial charge in [-0.25, -0.2) is 9.18 Å². The molecule has 0 spiro atoms. The first-order valence-corrected chi connectivity index (χ1v) is 10.2. The maximum atomic E-state index is 14.3. The highest BCUT2D eigenvalue weighted by Gasteiger charge is 2.16. The number of carbonyl (C=O) groups excluding carboxylic acids is 1. The van der Waals surface area contributed by atoms with E-state index >= 15 is 0 Å². The van der Waals surface area contributed by atoms with Crippen molar-refractivity contribution in [3.8, 4) is 0 Å². The SMILES string of the molecule is CCn1c(=NC(=O)c2cc3c(ccc4ccccc43)oc2=O)sc2cccc(F)c21. The van der Waals surface area contributed by atoms with Gasteiger partial charge in [0.25, 0.3) is 5.91 Å². The van der Waals surface area contributed by atoms with Crippen LogP contribution in [0.4, 0.5) is 4.39 Å². The topological polar surface area (TPSA) is 64.6 Å². The molecule has 0 unspecified atom stereocenters. The first kappa shape index (κ1) is 18.4. The van der Waals surface area contributed by atoms with Crippen LogP contribution in [-0.2, 0) is 6.54 Å². The van der Waals surface area contributed by atoms with E-state index in [9.17, 15) is 14.0 Å². The monoisotopic (exact) mass is 418 g/mol. The van der Waals surface area contributed by atoms with Gasteiger partial charge in [-0.2, -0.15) is 4.99 Å². The van der Waals surface area contributed by atoms with Gasteiger partial charge in [-0.05, 0) is 42.0 Å². The summed E-state index contributed by atoms with van der Waals surface area (Å²) in [6, 6.07) is 17.5. The number of amides is 1. The molecule has 5 nitrogen and oxygen atoms in total. The van der Waals surface area contributed by atoms with E-state index in [2.05, 4.69) is 4.99 Å². The fourth-order valence-corrected chi connectivity index (χ4v) is 4.74. The molecule has 0 aliphatic carbocycles. The van der Waals surface area contributed by atoms with Crippen LogP contribution < -0.4 is 10.4 Å². The summed E-state index contributed by atoms with van der Waals surface area (Å²) in [4.78, 5) is 29.9. The third-order valence-electron chi connectivity index (χ3n) is 5.04. The van der Waals surface area contributed by atoms with Crippen LogP contribution in [0.15, 0.2) is 74.9 Å². The summed E-state index contributed by atoms with van der Waals surface area (Å²) in [6.07, 6.45) is 0. The van der Waals surface area contributed by atoms with E-state index < -0.39 is 11.5 Å². The Bertz CT molecular complexity index is 1590. The van der Waals surface area contributed by atoms with Gasteiger partial charge < -0.3 is 8.98 Å². The molecule has 3 aromatic carbocycles. The Kier molecular flexibility index (Phi) is 4.33. The van der Waals surface area contributed by atoms with Crippen molar-refractivity contribution in [3.63, 3.8) is 0 Å². The number of aromatic nitrogens is 1. The molecule has 0 atom stereocenters. The highest BCUT2D eigenvalue weighted by Crippen LogP contribution is 2.25. The maximum absolute atomic E-state index is 14.3. The molecule has 5 aromatic rings. The molecule has 0 N–H and O–H groups in total. The van der Waals surface area contributed by atoms with E-state index in [-0.39, 0.29) is 11.4 Å². The van der Waals surface area contributed by atoms with Gasteiger partial charge in [0.15, 0.2) is 4.80 Å². The molecular weight excluding hydrogens is 403 g/mol. The van der Waals surface area contributed by atoms with Crippen molar-refractivity contribution in [2.24, 2.45) is 4.99 Å². The minimum atomic E-state index is -0.748. The first-order valence-electron chi connectivity index (χ1n) is 9.39. The number of halogens is 1. The number of nitrogens with zero attached hydrogens (tertiary/aromatic N) is 2. The van der Waals surface area contributed by atoms with Crippen LogP contribution in [0.1, 0.15) is 17.3 Å². The molecule has 2 heterocycles. The molecule has 0 aliphatic heterocycles. The van der Waals surface area contributed by atoms with Gasteiger partial charge in [-0.3, -0.25) is 4.79 Å². The van der Waals surface area contributed by atoms with Crippen molar-refractivity contribution < 1.29 is 13.6 Å². The van der Waals surface area contributed by atoms with Gasteiger partial charge in [0.1, 0.15) is 17.0 Å². The smallest absolute Gasteiger partial charge is 0.349 e. The molecule has 0 fully saturated rings. The Morgan fingerprint density at radius 2 is 1.93 bits per heavy atom. The van der Waals surface area contributed by atoms with E-state index in [1.165, 1.54) is 23.5 Å². The fourth-order valence-electron chi connectivity index (χ4n) is 3.63. The van der Waals surface area contributed by atoms with Crippen molar-refractivity contribution in [2.45, 2.75) is 13.5 Å². The summed E-state index contributed by atoms with van der Waals surface area (Å²) in [5.41, 5.74) is -0.0998. The molecule has 7 heteroatoms. The van der Waals surface area contributed by atoms with Crippen molar-refractivity contribution >= 4 is 49.2 Å². The normalized spacial score (nSPS) is 12.3. The summed E-state index contributed by atoms with van der Waals surface area (Å²) >= 11 is 1.20. The zero-order valence-electron chi connectivity index (χ0n) is 15.9. The zero-order chi connectivity index (χ0) is 20.8. The van der Waals surface area contributed by atoms with Gasteiger partial charge in [0.05, 0.1) is 10.2 Å². The van der Waals surface area contributed by atoms with Gasteiger partial charge in [-0.1, -0.05) is 47.7 Å². The van der Waals surface area contributed by atoms with Crippen molar-refractivity contribution in [3.05, 3.63) is 87.3 Å². The van der Waals surface area contributed by atoms with Crippen LogP contribution in [0.3, 0.4) is 0 Å². The second-order valence-corrected chi connectivity index (χ2v) is 7.79. The quantitative estimate of drug-likeness (QED) is 0.304. The molecule has 2 aromatic heterocycles. The highest BCUT2D eigenvalue weighted by atomic mass is 32.1. The average Bonchev–Trinajstić information content (AvgIpc) is 3.11. The molecule has 0 bridgehead atoms. The lowest BCUT2D eigenvalue weighted by Gasteiger charge is -2.04. The first-order chi connectivity index (χ1) is 14.6. The second kappa shape index (κ2) is 7.03. The summed E-state index contributed by atoms with van der Waals surface area (Å²) in [5.74, 6) is -1.09.